The molecule has 2 N–H and O–H groups in total. The molecule has 7 heteroatoms. The van der Waals surface area contributed by atoms with E-state index in [0.717, 1.165) is 5.56 Å². The molecule has 128 valence electrons. The van der Waals surface area contributed by atoms with Crippen molar-refractivity contribution in [1.29, 1.82) is 0 Å². The summed E-state index contributed by atoms with van der Waals surface area (Å²) in [7, 11) is 0. The van der Waals surface area contributed by atoms with E-state index in [2.05, 4.69) is 10.6 Å². The number of rotatable bonds is 7. The molecular weight excluding hydrogens is 337 g/mol. The second-order valence-electron chi connectivity index (χ2n) is 5.02. The zero-order valence-electron chi connectivity index (χ0n) is 12.8. The summed E-state index contributed by atoms with van der Waals surface area (Å²) in [4.78, 5) is 12.3. The number of hydrogen-bond donors (Lipinski definition) is 2. The van der Waals surface area contributed by atoms with Gasteiger partial charge in [0.05, 0.1) is 12.3 Å². The first-order valence-corrected chi connectivity index (χ1v) is 8.26. The summed E-state index contributed by atoms with van der Waals surface area (Å²) in [5, 5.41) is 5.64. The number of nitrogens with one attached hydrogen (secondary N) is 2. The monoisotopic (exact) mass is 354 g/mol. The van der Waals surface area contributed by atoms with Crippen molar-refractivity contribution < 1.29 is 18.0 Å². The van der Waals surface area contributed by atoms with Crippen LogP contribution in [0.1, 0.15) is 5.56 Å². The summed E-state index contributed by atoms with van der Waals surface area (Å²) in [6.07, 6.45) is -4.23. The van der Waals surface area contributed by atoms with Crippen molar-refractivity contribution in [3.05, 3.63) is 60.2 Å². The zero-order chi connectivity index (χ0) is 17.4. The van der Waals surface area contributed by atoms with Gasteiger partial charge in [-0.3, -0.25) is 4.79 Å². The highest BCUT2D eigenvalue weighted by Gasteiger charge is 2.27. The van der Waals surface area contributed by atoms with Gasteiger partial charge in [-0.2, -0.15) is 13.2 Å². The molecule has 2 aromatic rings. The van der Waals surface area contributed by atoms with Crippen LogP contribution in [0.15, 0.2) is 59.5 Å². The second-order valence-corrected chi connectivity index (χ2v) is 6.03. The number of amides is 1. The van der Waals surface area contributed by atoms with Crippen LogP contribution in [0.2, 0.25) is 0 Å². The molecule has 0 spiro atoms. The molecule has 0 radical (unpaired) electrons. The SMILES string of the molecule is O=C(CNc1ccccc1SCC(F)(F)F)NCc1ccccc1. The van der Waals surface area contributed by atoms with E-state index in [1.807, 2.05) is 30.3 Å². The molecule has 0 heterocycles. The van der Waals surface area contributed by atoms with Crippen LogP contribution in [0.25, 0.3) is 0 Å². The largest absolute Gasteiger partial charge is 0.398 e. The van der Waals surface area contributed by atoms with E-state index < -0.39 is 11.9 Å². The lowest BCUT2D eigenvalue weighted by Gasteiger charge is -2.13. The van der Waals surface area contributed by atoms with Gasteiger partial charge >= 0.3 is 6.18 Å². The molecule has 0 bridgehead atoms. The van der Waals surface area contributed by atoms with E-state index in [-0.39, 0.29) is 12.5 Å². The minimum atomic E-state index is -4.23. The first-order valence-electron chi connectivity index (χ1n) is 7.27. The summed E-state index contributed by atoms with van der Waals surface area (Å²) in [5.74, 6) is -1.19. The Balaban J connectivity index is 1.84. The van der Waals surface area contributed by atoms with E-state index in [4.69, 9.17) is 0 Å². The maximum Gasteiger partial charge on any atom is 0.398 e. The normalized spacial score (nSPS) is 11.1. The lowest BCUT2D eigenvalue weighted by Crippen LogP contribution is -2.29. The van der Waals surface area contributed by atoms with Gasteiger partial charge in [0.1, 0.15) is 0 Å². The van der Waals surface area contributed by atoms with E-state index in [1.54, 1.807) is 24.3 Å². The summed E-state index contributed by atoms with van der Waals surface area (Å²) >= 11 is 0.697. The molecule has 0 aliphatic heterocycles. The lowest BCUT2D eigenvalue weighted by atomic mass is 10.2. The van der Waals surface area contributed by atoms with Crippen molar-refractivity contribution in [2.24, 2.45) is 0 Å². The van der Waals surface area contributed by atoms with E-state index in [1.165, 1.54) is 0 Å². The third kappa shape index (κ3) is 6.54. The number of benzene rings is 2. The van der Waals surface area contributed by atoms with Crippen LogP contribution in [0.5, 0.6) is 0 Å². The highest BCUT2D eigenvalue weighted by atomic mass is 32.2. The first kappa shape index (κ1) is 18.2. The average Bonchev–Trinajstić information content (AvgIpc) is 2.57. The van der Waals surface area contributed by atoms with Crippen LogP contribution < -0.4 is 10.6 Å². The van der Waals surface area contributed by atoms with Crippen molar-refractivity contribution in [2.75, 3.05) is 17.6 Å². The van der Waals surface area contributed by atoms with Crippen LogP contribution in [-0.4, -0.2) is 24.4 Å². The Morgan fingerprint density at radius 3 is 2.38 bits per heavy atom. The van der Waals surface area contributed by atoms with Gasteiger partial charge in [0.15, 0.2) is 0 Å². The molecule has 24 heavy (non-hydrogen) atoms. The summed E-state index contributed by atoms with van der Waals surface area (Å²) < 4.78 is 37.0. The minimum absolute atomic E-state index is 0.00355. The van der Waals surface area contributed by atoms with Crippen LogP contribution in [0, 0.1) is 0 Å². The predicted octanol–water partition coefficient (Wildman–Crippen LogP) is 4.07. The summed E-state index contributed by atoms with van der Waals surface area (Å²) in [6, 6.07) is 16.1. The molecule has 2 aromatic carbocycles. The molecule has 0 aliphatic rings. The molecule has 0 saturated heterocycles. The Labute approximate surface area is 142 Å². The molecule has 0 unspecified atom stereocenters. The van der Waals surface area contributed by atoms with Crippen molar-refractivity contribution >= 4 is 23.4 Å². The number of anilines is 1. The number of para-hydroxylation sites is 1. The Morgan fingerprint density at radius 1 is 1.00 bits per heavy atom. The molecule has 0 aliphatic carbocycles. The summed E-state index contributed by atoms with van der Waals surface area (Å²) in [6.45, 7) is 0.405. The number of thioether (sulfide) groups is 1. The number of hydrogen-bond acceptors (Lipinski definition) is 3. The molecular formula is C17H17F3N2OS. The number of carbonyl (C=O) groups is 1. The third-order valence-electron chi connectivity index (χ3n) is 3.05. The van der Waals surface area contributed by atoms with Crippen molar-refractivity contribution in [3.63, 3.8) is 0 Å². The average molecular weight is 354 g/mol. The van der Waals surface area contributed by atoms with Crippen molar-refractivity contribution in [3.8, 4) is 0 Å². The molecule has 0 atom stereocenters. The Hall–Kier alpha value is -2.15. The van der Waals surface area contributed by atoms with Crippen LogP contribution in [-0.2, 0) is 11.3 Å². The van der Waals surface area contributed by atoms with Crippen LogP contribution in [0.3, 0.4) is 0 Å². The fraction of sp³-hybridized carbons (Fsp3) is 0.235. The van der Waals surface area contributed by atoms with Gasteiger partial charge in [0.25, 0.3) is 0 Å². The van der Waals surface area contributed by atoms with Gasteiger partial charge in [-0.05, 0) is 17.7 Å². The number of carbonyl (C=O) groups excluding carboxylic acids is 1. The Morgan fingerprint density at radius 2 is 1.67 bits per heavy atom. The molecule has 1 amide bonds. The molecule has 3 nitrogen and oxygen atoms in total. The predicted molar refractivity (Wildman–Crippen MR) is 90.0 cm³/mol. The smallest absolute Gasteiger partial charge is 0.375 e. The maximum atomic E-state index is 12.3. The van der Waals surface area contributed by atoms with Gasteiger partial charge < -0.3 is 10.6 Å². The molecule has 0 saturated carbocycles. The van der Waals surface area contributed by atoms with Gasteiger partial charge in [0.2, 0.25) is 5.91 Å². The van der Waals surface area contributed by atoms with E-state index in [9.17, 15) is 18.0 Å². The quantitative estimate of drug-likeness (QED) is 0.737. The lowest BCUT2D eigenvalue weighted by molar-refractivity contribution is -0.119. The molecule has 0 aromatic heterocycles. The van der Waals surface area contributed by atoms with Gasteiger partial charge in [0, 0.05) is 17.1 Å². The van der Waals surface area contributed by atoms with Crippen molar-refractivity contribution in [2.45, 2.75) is 17.6 Å². The highest BCUT2D eigenvalue weighted by Crippen LogP contribution is 2.31. The highest BCUT2D eigenvalue weighted by molar-refractivity contribution is 7.99. The molecule has 0 fully saturated rings. The Kier molecular flexibility index (Phi) is 6.54. The third-order valence-corrected chi connectivity index (χ3v) is 4.19. The van der Waals surface area contributed by atoms with Gasteiger partial charge in [-0.15, -0.1) is 11.8 Å². The first-order chi connectivity index (χ1) is 11.4. The fourth-order valence-electron chi connectivity index (χ4n) is 1.93. The van der Waals surface area contributed by atoms with E-state index >= 15 is 0 Å². The standard InChI is InChI=1S/C17H17F3N2OS/c18-17(19,20)12-24-15-9-5-4-8-14(15)21-11-16(23)22-10-13-6-2-1-3-7-13/h1-9,21H,10-12H2,(H,22,23). The Bertz CT molecular complexity index is 662. The van der Waals surface area contributed by atoms with Crippen LogP contribution in [0.4, 0.5) is 18.9 Å². The zero-order valence-corrected chi connectivity index (χ0v) is 13.6. The van der Waals surface area contributed by atoms with Crippen molar-refractivity contribution in [1.82, 2.24) is 5.32 Å². The number of halogens is 3. The van der Waals surface area contributed by atoms with Gasteiger partial charge in [-0.1, -0.05) is 42.5 Å². The second kappa shape index (κ2) is 8.63. The van der Waals surface area contributed by atoms with Gasteiger partial charge in [-0.25, -0.2) is 0 Å². The maximum absolute atomic E-state index is 12.3. The topological polar surface area (TPSA) is 41.1 Å². The fourth-order valence-corrected chi connectivity index (χ4v) is 2.72. The summed E-state index contributed by atoms with van der Waals surface area (Å²) in [5.41, 5.74) is 1.49. The van der Waals surface area contributed by atoms with Crippen LogP contribution >= 0.6 is 11.8 Å². The molecule has 2 rings (SSSR count). The minimum Gasteiger partial charge on any atom is -0.375 e. The number of alkyl halides is 3. The van der Waals surface area contributed by atoms with E-state index in [0.29, 0.717) is 28.9 Å².